The Hall–Kier alpha value is -7.78. The van der Waals surface area contributed by atoms with Crippen molar-refractivity contribution >= 4 is 48.6 Å². The first-order chi connectivity index (χ1) is 32.5. The lowest BCUT2D eigenvalue weighted by Crippen LogP contribution is -2.26. The van der Waals surface area contributed by atoms with E-state index in [2.05, 4.69) is 243 Å². The van der Waals surface area contributed by atoms with Gasteiger partial charge in [-0.1, -0.05) is 196 Å². The van der Waals surface area contributed by atoms with Crippen LogP contribution in [0.4, 0.5) is 17.1 Å². The lowest BCUT2D eigenvalue weighted by atomic mass is 9.70. The lowest BCUT2D eigenvalue weighted by molar-refractivity contribution is 0.660. The van der Waals surface area contributed by atoms with Gasteiger partial charge in [-0.3, -0.25) is 0 Å². The van der Waals surface area contributed by atoms with Crippen LogP contribution in [0.15, 0.2) is 224 Å². The molecule has 310 valence electrons. The molecule has 0 unspecified atom stereocenters. The Bertz CT molecular complexity index is 3740. The summed E-state index contributed by atoms with van der Waals surface area (Å²) in [5, 5.41) is 2.57. The van der Waals surface area contributed by atoms with Crippen molar-refractivity contribution in [1.82, 2.24) is 0 Å². The largest absolute Gasteiger partial charge is 0.309 e. The maximum atomic E-state index is 2.62. The molecule has 0 saturated heterocycles. The Balaban J connectivity index is 1.15. The van der Waals surface area contributed by atoms with Crippen LogP contribution in [0.25, 0.3) is 75.8 Å². The number of hydrogen-bond donors (Lipinski definition) is 0. The van der Waals surface area contributed by atoms with E-state index in [9.17, 15) is 0 Å². The van der Waals surface area contributed by atoms with Gasteiger partial charge in [-0.05, 0) is 126 Å². The number of anilines is 3. The number of rotatable bonds is 5. The highest BCUT2D eigenvalue weighted by Crippen LogP contribution is 2.67. The van der Waals surface area contributed by atoms with Gasteiger partial charge in [0.15, 0.2) is 0 Å². The van der Waals surface area contributed by atoms with Crippen LogP contribution >= 0.6 is 11.3 Å². The van der Waals surface area contributed by atoms with Gasteiger partial charge < -0.3 is 4.90 Å². The van der Waals surface area contributed by atoms with E-state index in [1.54, 1.807) is 0 Å². The van der Waals surface area contributed by atoms with E-state index in [1.807, 2.05) is 11.3 Å². The molecule has 3 aliphatic rings. The zero-order valence-electron chi connectivity index (χ0n) is 36.7. The van der Waals surface area contributed by atoms with Crippen molar-refractivity contribution in [2.24, 2.45) is 0 Å². The maximum Gasteiger partial charge on any atom is 0.0726 e. The zero-order valence-corrected chi connectivity index (χ0v) is 37.5. The van der Waals surface area contributed by atoms with Gasteiger partial charge in [0.05, 0.1) is 11.1 Å². The fourth-order valence-electron chi connectivity index (χ4n) is 12.2. The molecule has 1 heterocycles. The quantitative estimate of drug-likeness (QED) is 0.167. The zero-order chi connectivity index (χ0) is 43.7. The highest BCUT2D eigenvalue weighted by Gasteiger charge is 2.53. The third kappa shape index (κ3) is 5.05. The fraction of sp³-hybridized carbons (Fsp3) is 0.0625. The van der Waals surface area contributed by atoms with Gasteiger partial charge in [-0.2, -0.15) is 0 Å². The molecule has 14 rings (SSSR count). The number of hydrogen-bond acceptors (Lipinski definition) is 2. The minimum absolute atomic E-state index is 0.174. The van der Waals surface area contributed by atoms with Crippen molar-refractivity contribution in [2.45, 2.75) is 24.7 Å². The molecule has 0 saturated carbocycles. The summed E-state index contributed by atoms with van der Waals surface area (Å²) in [6, 6.07) is 84.6. The molecule has 0 atom stereocenters. The molecular formula is C64H43NS. The number of nitrogens with zero attached hydrogens (tertiary/aromatic N) is 1. The van der Waals surface area contributed by atoms with Crippen LogP contribution in [0, 0.1) is 0 Å². The fourth-order valence-corrected chi connectivity index (χ4v) is 13.3. The third-order valence-electron chi connectivity index (χ3n) is 15.1. The van der Waals surface area contributed by atoms with Gasteiger partial charge in [-0.25, -0.2) is 0 Å². The second-order valence-corrected chi connectivity index (χ2v) is 19.8. The van der Waals surface area contributed by atoms with E-state index < -0.39 is 5.41 Å². The third-order valence-corrected chi connectivity index (χ3v) is 16.2. The molecule has 1 nitrogen and oxygen atoms in total. The molecule has 10 aromatic carbocycles. The molecule has 0 bridgehead atoms. The Morgan fingerprint density at radius 1 is 0.348 bits per heavy atom. The summed E-state index contributed by atoms with van der Waals surface area (Å²) in [5.74, 6) is 0. The Morgan fingerprint density at radius 2 is 0.864 bits per heavy atom. The van der Waals surface area contributed by atoms with Crippen molar-refractivity contribution in [3.05, 3.63) is 258 Å². The van der Waals surface area contributed by atoms with Crippen molar-refractivity contribution < 1.29 is 0 Å². The number of fused-ring (bicyclic) bond motifs is 16. The molecule has 0 amide bonds. The van der Waals surface area contributed by atoms with Crippen LogP contribution in [-0.4, -0.2) is 0 Å². The van der Waals surface area contributed by atoms with Crippen molar-refractivity contribution in [3.63, 3.8) is 0 Å². The molecule has 0 N–H and O–H groups in total. The molecule has 0 radical (unpaired) electrons. The van der Waals surface area contributed by atoms with Gasteiger partial charge in [0.2, 0.25) is 0 Å². The molecule has 1 spiro atoms. The Morgan fingerprint density at radius 3 is 1.56 bits per heavy atom. The molecule has 1 aromatic heterocycles. The summed E-state index contributed by atoms with van der Waals surface area (Å²) in [7, 11) is 0. The highest BCUT2D eigenvalue weighted by molar-refractivity contribution is 7.26. The normalized spacial score (nSPS) is 14.2. The average Bonchev–Trinajstić information content (AvgIpc) is 4.06. The van der Waals surface area contributed by atoms with E-state index in [0.29, 0.717) is 0 Å². The molecule has 2 heteroatoms. The first-order valence-electron chi connectivity index (χ1n) is 23.1. The maximum absolute atomic E-state index is 2.62. The van der Waals surface area contributed by atoms with Crippen LogP contribution in [0.3, 0.4) is 0 Å². The standard InChI is InChI=1S/C64H43NS/c1-63(2)52-25-13-9-21-46(52)49-35-34-45(38-56(49)63)65(44-32-29-42(30-33-44)40-17-5-3-6-18-40)62-60-51-37-43(41-19-7-4-8-20-41)31-36-55(51)64(53-26-14-10-22-47(53)48-23-11-15-27-54(48)64)57(60)39-59-61(62)50-24-12-16-28-58(50)66-59/h3-39H,1-2H3. The predicted molar refractivity (Wildman–Crippen MR) is 279 cm³/mol. The van der Waals surface area contributed by atoms with E-state index in [1.165, 1.54) is 115 Å². The smallest absolute Gasteiger partial charge is 0.0726 e. The summed E-state index contributed by atoms with van der Waals surface area (Å²) in [6.45, 7) is 4.79. The Labute approximate surface area is 389 Å². The summed E-state index contributed by atoms with van der Waals surface area (Å²) in [6.07, 6.45) is 0. The van der Waals surface area contributed by atoms with Crippen molar-refractivity contribution in [3.8, 4) is 55.6 Å². The van der Waals surface area contributed by atoms with Gasteiger partial charge in [0.25, 0.3) is 0 Å². The van der Waals surface area contributed by atoms with Crippen LogP contribution in [0.2, 0.25) is 0 Å². The first kappa shape index (κ1) is 37.6. The van der Waals surface area contributed by atoms with Crippen LogP contribution in [0.1, 0.15) is 47.2 Å². The highest BCUT2D eigenvalue weighted by atomic mass is 32.1. The van der Waals surface area contributed by atoms with Crippen LogP contribution in [-0.2, 0) is 10.8 Å². The van der Waals surface area contributed by atoms with E-state index in [-0.39, 0.29) is 5.41 Å². The molecule has 3 aliphatic carbocycles. The average molecular weight is 858 g/mol. The van der Waals surface area contributed by atoms with E-state index >= 15 is 0 Å². The lowest BCUT2D eigenvalue weighted by Gasteiger charge is -2.33. The summed E-state index contributed by atoms with van der Waals surface area (Å²) < 4.78 is 2.59. The van der Waals surface area contributed by atoms with Gasteiger partial charge in [-0.15, -0.1) is 11.3 Å². The van der Waals surface area contributed by atoms with E-state index in [4.69, 9.17) is 0 Å². The van der Waals surface area contributed by atoms with Crippen LogP contribution < -0.4 is 4.90 Å². The molecule has 0 fully saturated rings. The molecule has 66 heavy (non-hydrogen) atoms. The molecular weight excluding hydrogens is 815 g/mol. The predicted octanol–water partition coefficient (Wildman–Crippen LogP) is 17.5. The van der Waals surface area contributed by atoms with E-state index in [0.717, 1.165) is 11.4 Å². The molecule has 11 aromatic rings. The Kier molecular flexibility index (Phi) is 7.89. The van der Waals surface area contributed by atoms with Gasteiger partial charge >= 0.3 is 0 Å². The number of benzene rings is 10. The molecule has 0 aliphatic heterocycles. The number of thiophene rings is 1. The van der Waals surface area contributed by atoms with Crippen molar-refractivity contribution in [2.75, 3.05) is 4.90 Å². The second kappa shape index (κ2) is 13.9. The second-order valence-electron chi connectivity index (χ2n) is 18.7. The minimum Gasteiger partial charge on any atom is -0.309 e. The first-order valence-corrected chi connectivity index (χ1v) is 23.9. The van der Waals surface area contributed by atoms with Gasteiger partial charge in [0, 0.05) is 42.5 Å². The topological polar surface area (TPSA) is 3.24 Å². The SMILES string of the molecule is CC1(C)c2ccccc2-c2ccc(N(c3ccc(-c4ccccc4)cc3)c3c4c(cc5sc6ccccc6c35)C3(c5ccccc5-c5ccccc53)c3ccc(-c5ccccc5)cc3-4)cc21. The van der Waals surface area contributed by atoms with Crippen molar-refractivity contribution in [1.29, 1.82) is 0 Å². The van der Waals surface area contributed by atoms with Crippen LogP contribution in [0.5, 0.6) is 0 Å². The monoisotopic (exact) mass is 857 g/mol. The summed E-state index contributed by atoms with van der Waals surface area (Å²) >= 11 is 1.92. The van der Waals surface area contributed by atoms with Gasteiger partial charge in [0.1, 0.15) is 0 Å². The minimum atomic E-state index is -0.531. The summed E-state index contributed by atoms with van der Waals surface area (Å²) in [4.78, 5) is 2.62. The summed E-state index contributed by atoms with van der Waals surface area (Å²) in [5.41, 5.74) is 23.6.